The highest BCUT2D eigenvalue weighted by Gasteiger charge is 2.54. The number of hydrogen-bond donors (Lipinski definition) is 2. The smallest absolute Gasteiger partial charge is 0.309 e. The van der Waals surface area contributed by atoms with Crippen molar-refractivity contribution in [2.24, 2.45) is 0 Å². The fourth-order valence-corrected chi connectivity index (χ4v) is 4.83. The second-order valence-corrected chi connectivity index (χ2v) is 10.3. The Hall–Kier alpha value is -4.66. The minimum absolute atomic E-state index is 0.0490. The van der Waals surface area contributed by atoms with Gasteiger partial charge in [0.15, 0.2) is 0 Å². The molecule has 0 bridgehead atoms. The summed E-state index contributed by atoms with van der Waals surface area (Å²) in [5.74, 6) is -0.0599. The van der Waals surface area contributed by atoms with E-state index in [9.17, 15) is 19.8 Å². The van der Waals surface area contributed by atoms with Crippen molar-refractivity contribution in [2.45, 2.75) is 36.9 Å². The topological polar surface area (TPSA) is 112 Å². The molecular formula is C36H38O8. The van der Waals surface area contributed by atoms with Crippen molar-refractivity contribution in [3.63, 3.8) is 0 Å². The van der Waals surface area contributed by atoms with Crippen LogP contribution < -0.4 is 9.47 Å². The number of esters is 2. The van der Waals surface area contributed by atoms with Gasteiger partial charge in [-0.3, -0.25) is 9.59 Å². The minimum Gasteiger partial charge on any atom is -0.493 e. The second kappa shape index (κ2) is 16.3. The number of hydrogen-bond acceptors (Lipinski definition) is 8. The van der Waals surface area contributed by atoms with Crippen LogP contribution in [0.15, 0.2) is 121 Å². The molecule has 4 aromatic carbocycles. The molecule has 8 nitrogen and oxygen atoms in total. The zero-order chi connectivity index (χ0) is 31.1. The van der Waals surface area contributed by atoms with Crippen LogP contribution in [0.5, 0.6) is 11.5 Å². The number of ether oxygens (including phenoxy) is 4. The van der Waals surface area contributed by atoms with Crippen LogP contribution in [0.1, 0.15) is 36.8 Å². The van der Waals surface area contributed by atoms with Crippen molar-refractivity contribution < 1.29 is 38.7 Å². The predicted molar refractivity (Wildman–Crippen MR) is 165 cm³/mol. The molecule has 0 radical (unpaired) electrons. The molecule has 0 aliphatic carbocycles. The summed E-state index contributed by atoms with van der Waals surface area (Å²) in [5.41, 5.74) is -3.97. The maximum Gasteiger partial charge on any atom is 0.309 e. The first-order valence-corrected chi connectivity index (χ1v) is 14.6. The molecule has 230 valence electrons. The maximum atomic E-state index is 13.1. The van der Waals surface area contributed by atoms with Crippen molar-refractivity contribution >= 4 is 11.9 Å². The van der Waals surface area contributed by atoms with Gasteiger partial charge < -0.3 is 29.2 Å². The number of aliphatic hydroxyl groups is 2. The molecule has 8 heteroatoms. The normalized spacial score (nSPS) is 13.6. The SMILES string of the molecule is O=C(CC(O)(c1ccccc1)C(O)(CC(=O)OCCCOc1ccccc1)c1ccccc1)OCCCOc1ccccc1. The first-order valence-electron chi connectivity index (χ1n) is 14.6. The van der Waals surface area contributed by atoms with Crippen LogP contribution in [0.3, 0.4) is 0 Å². The number of benzene rings is 4. The van der Waals surface area contributed by atoms with Gasteiger partial charge >= 0.3 is 11.9 Å². The Morgan fingerprint density at radius 2 is 0.795 bits per heavy atom. The Bertz CT molecular complexity index is 1300. The van der Waals surface area contributed by atoms with Crippen molar-refractivity contribution in [3.05, 3.63) is 132 Å². The molecule has 2 N–H and O–H groups in total. The van der Waals surface area contributed by atoms with Gasteiger partial charge in [0.2, 0.25) is 0 Å². The van der Waals surface area contributed by atoms with Gasteiger partial charge in [0, 0.05) is 12.8 Å². The zero-order valence-electron chi connectivity index (χ0n) is 24.5. The van der Waals surface area contributed by atoms with E-state index >= 15 is 0 Å². The quantitative estimate of drug-likeness (QED) is 0.120. The number of para-hydroxylation sites is 2. The first-order chi connectivity index (χ1) is 21.4. The Kier molecular flexibility index (Phi) is 11.9. The maximum absolute atomic E-state index is 13.1. The third-order valence-corrected chi connectivity index (χ3v) is 7.11. The zero-order valence-corrected chi connectivity index (χ0v) is 24.5. The molecule has 0 aromatic heterocycles. The average Bonchev–Trinajstić information content (AvgIpc) is 3.06. The van der Waals surface area contributed by atoms with Crippen molar-refractivity contribution in [2.75, 3.05) is 26.4 Å². The number of carbonyl (C=O) groups is 2. The Morgan fingerprint density at radius 1 is 0.477 bits per heavy atom. The highest BCUT2D eigenvalue weighted by atomic mass is 16.5. The highest BCUT2D eigenvalue weighted by molar-refractivity contribution is 5.74. The summed E-state index contributed by atoms with van der Waals surface area (Å²) >= 11 is 0. The average molecular weight is 599 g/mol. The molecule has 0 saturated heterocycles. The molecule has 0 fully saturated rings. The monoisotopic (exact) mass is 598 g/mol. The van der Waals surface area contributed by atoms with E-state index in [-0.39, 0.29) is 24.3 Å². The molecule has 0 amide bonds. The van der Waals surface area contributed by atoms with E-state index < -0.39 is 36.0 Å². The summed E-state index contributed by atoms with van der Waals surface area (Å²) in [6, 6.07) is 35.2. The highest BCUT2D eigenvalue weighted by Crippen LogP contribution is 2.46. The lowest BCUT2D eigenvalue weighted by Crippen LogP contribution is -2.52. The molecule has 0 heterocycles. The molecule has 0 aliphatic heterocycles. The van der Waals surface area contributed by atoms with E-state index in [2.05, 4.69) is 0 Å². The van der Waals surface area contributed by atoms with Crippen molar-refractivity contribution in [3.8, 4) is 11.5 Å². The minimum atomic E-state index is -2.23. The molecule has 44 heavy (non-hydrogen) atoms. The van der Waals surface area contributed by atoms with Gasteiger partial charge in [0.25, 0.3) is 0 Å². The Labute approximate surface area is 257 Å². The Morgan fingerprint density at radius 3 is 1.14 bits per heavy atom. The molecule has 0 aliphatic rings. The summed E-state index contributed by atoms with van der Waals surface area (Å²) in [4.78, 5) is 26.3. The molecule has 4 aromatic rings. The summed E-state index contributed by atoms with van der Waals surface area (Å²) in [5, 5.41) is 24.5. The van der Waals surface area contributed by atoms with Crippen molar-refractivity contribution in [1.82, 2.24) is 0 Å². The number of rotatable bonds is 17. The van der Waals surface area contributed by atoms with E-state index in [1.54, 1.807) is 60.7 Å². The van der Waals surface area contributed by atoms with Gasteiger partial charge in [-0.15, -0.1) is 0 Å². The largest absolute Gasteiger partial charge is 0.493 e. The Balaban J connectivity index is 1.44. The van der Waals surface area contributed by atoms with Crippen LogP contribution in [0.25, 0.3) is 0 Å². The van der Waals surface area contributed by atoms with E-state index in [0.29, 0.717) is 37.6 Å². The van der Waals surface area contributed by atoms with Crippen molar-refractivity contribution in [1.29, 1.82) is 0 Å². The van der Waals surface area contributed by atoms with Crippen LogP contribution in [0, 0.1) is 0 Å². The van der Waals surface area contributed by atoms with E-state index in [4.69, 9.17) is 18.9 Å². The third kappa shape index (κ3) is 8.92. The predicted octanol–water partition coefficient (Wildman–Crippen LogP) is 5.57. The van der Waals surface area contributed by atoms with Crippen LogP contribution in [0.2, 0.25) is 0 Å². The molecule has 0 saturated carbocycles. The van der Waals surface area contributed by atoms with E-state index in [1.165, 1.54) is 0 Å². The summed E-state index contributed by atoms with van der Waals surface area (Å²) < 4.78 is 22.2. The van der Waals surface area contributed by atoms with Gasteiger partial charge in [-0.2, -0.15) is 0 Å². The lowest BCUT2D eigenvalue weighted by atomic mass is 9.69. The molecule has 2 unspecified atom stereocenters. The van der Waals surface area contributed by atoms with Gasteiger partial charge in [0.1, 0.15) is 22.7 Å². The summed E-state index contributed by atoms with van der Waals surface area (Å²) in [6.45, 7) is 0.758. The second-order valence-electron chi connectivity index (χ2n) is 10.3. The fourth-order valence-electron chi connectivity index (χ4n) is 4.83. The van der Waals surface area contributed by atoms with E-state index in [1.807, 2.05) is 60.7 Å². The molecule has 4 rings (SSSR count). The van der Waals surface area contributed by atoms with Gasteiger partial charge in [-0.1, -0.05) is 97.1 Å². The standard InChI is InChI=1S/C36H38O8/c37-33(43-25-13-23-41-31-19-9-3-10-20-31)27-35(39,29-15-5-1-6-16-29)36(40,30-17-7-2-8-18-30)28-34(38)44-26-14-24-42-32-21-11-4-12-22-32/h1-12,15-22,39-40H,13-14,23-28H2. The van der Waals surface area contributed by atoms with Gasteiger partial charge in [0.05, 0.1) is 39.3 Å². The van der Waals surface area contributed by atoms with Crippen LogP contribution in [-0.2, 0) is 30.3 Å². The van der Waals surface area contributed by atoms with Crippen LogP contribution in [0.4, 0.5) is 0 Å². The van der Waals surface area contributed by atoms with Crippen LogP contribution >= 0.6 is 0 Å². The fraction of sp³-hybridized carbons (Fsp3) is 0.278. The molecule has 2 atom stereocenters. The van der Waals surface area contributed by atoms with E-state index in [0.717, 1.165) is 0 Å². The summed E-state index contributed by atoms with van der Waals surface area (Å²) in [6.07, 6.45) is -0.373. The lowest BCUT2D eigenvalue weighted by molar-refractivity contribution is -0.196. The van der Waals surface area contributed by atoms with Crippen LogP contribution in [-0.4, -0.2) is 48.6 Å². The first kappa shape index (κ1) is 32.3. The third-order valence-electron chi connectivity index (χ3n) is 7.11. The van der Waals surface area contributed by atoms with Gasteiger partial charge in [-0.25, -0.2) is 0 Å². The lowest BCUT2D eigenvalue weighted by Gasteiger charge is -2.43. The van der Waals surface area contributed by atoms with Gasteiger partial charge in [-0.05, 0) is 35.4 Å². The molecule has 0 spiro atoms. The number of carbonyl (C=O) groups excluding carboxylic acids is 2. The molecular weight excluding hydrogens is 560 g/mol. The summed E-state index contributed by atoms with van der Waals surface area (Å²) in [7, 11) is 0.